The molecule has 3 aliphatic rings. The summed E-state index contributed by atoms with van der Waals surface area (Å²) in [6.45, 7) is 3.97. The number of nitrogens with two attached hydrogens (primary N) is 2. The summed E-state index contributed by atoms with van der Waals surface area (Å²) >= 11 is 6.44. The standard InChI is InChI=1S/C26H27ClN4O4/c1-3-4-5-14-6-8-15(9-7-14)31-23(33)20-18(12-19(28)32)30-26(21(20)24(31)34)16-10-13(2)11-17(27)22(16)29-25(26)35/h6-11,18,20-21,30H,3-5,12H2,1-2H3,(H2,28,32)(H,29,35)/p+1/t18-,20+,21-,26-/m1/s1. The maximum absolute atomic E-state index is 13.9. The molecular weight excluding hydrogens is 468 g/mol. The molecular formula is C26H28ClN4O4+. The third-order valence-electron chi connectivity index (χ3n) is 7.52. The molecule has 2 aromatic carbocycles. The summed E-state index contributed by atoms with van der Waals surface area (Å²) in [6, 6.07) is 10.3. The van der Waals surface area contributed by atoms with Gasteiger partial charge in [-0.25, -0.2) is 4.90 Å². The van der Waals surface area contributed by atoms with E-state index in [4.69, 9.17) is 17.3 Å². The summed E-state index contributed by atoms with van der Waals surface area (Å²) < 4.78 is 0. The SMILES string of the molecule is CCCCc1ccc(N2C(=O)[C@H]3[C@@H](CC(N)=O)[NH2+][C@@]4(C(=O)Nc5c(Cl)cc(C)cc54)[C@H]3C2=O)cc1. The molecule has 5 rings (SSSR count). The minimum absolute atomic E-state index is 0.131. The first kappa shape index (κ1) is 23.5. The van der Waals surface area contributed by atoms with Crippen LogP contribution in [0.15, 0.2) is 36.4 Å². The van der Waals surface area contributed by atoms with Crippen LogP contribution in [0.4, 0.5) is 11.4 Å². The van der Waals surface area contributed by atoms with Gasteiger partial charge in [-0.15, -0.1) is 0 Å². The molecule has 9 heteroatoms. The lowest BCUT2D eigenvalue weighted by Crippen LogP contribution is -2.99. The van der Waals surface area contributed by atoms with Gasteiger partial charge < -0.3 is 16.4 Å². The van der Waals surface area contributed by atoms with E-state index in [1.54, 1.807) is 23.5 Å². The third-order valence-corrected chi connectivity index (χ3v) is 7.82. The fourth-order valence-electron chi connectivity index (χ4n) is 6.02. The smallest absolute Gasteiger partial charge is 0.291 e. The van der Waals surface area contributed by atoms with Crippen LogP contribution in [-0.2, 0) is 31.1 Å². The van der Waals surface area contributed by atoms with Gasteiger partial charge in [0.05, 0.1) is 22.8 Å². The molecule has 0 bridgehead atoms. The summed E-state index contributed by atoms with van der Waals surface area (Å²) in [4.78, 5) is 54.3. The van der Waals surface area contributed by atoms with Gasteiger partial charge in [0.15, 0.2) is 0 Å². The molecule has 0 unspecified atom stereocenters. The van der Waals surface area contributed by atoms with Crippen molar-refractivity contribution in [3.63, 3.8) is 0 Å². The summed E-state index contributed by atoms with van der Waals surface area (Å²) in [5.74, 6) is -3.74. The van der Waals surface area contributed by atoms with Gasteiger partial charge in [-0.2, -0.15) is 0 Å². The van der Waals surface area contributed by atoms with Crippen molar-refractivity contribution in [3.8, 4) is 0 Å². The Kier molecular flexibility index (Phi) is 5.68. The number of anilines is 2. The second-order valence-corrected chi connectivity index (χ2v) is 10.2. The number of nitrogens with zero attached hydrogens (tertiary/aromatic N) is 1. The van der Waals surface area contributed by atoms with Crippen LogP contribution in [0.1, 0.15) is 42.9 Å². The molecule has 1 spiro atoms. The molecule has 3 heterocycles. The number of imide groups is 1. The van der Waals surface area contributed by atoms with Crippen LogP contribution in [-0.4, -0.2) is 29.7 Å². The number of quaternary nitrogens is 1. The van der Waals surface area contributed by atoms with E-state index in [9.17, 15) is 19.2 Å². The molecule has 0 radical (unpaired) electrons. The number of nitrogens with one attached hydrogen (secondary N) is 1. The molecule has 35 heavy (non-hydrogen) atoms. The number of aryl methyl sites for hydroxylation is 2. The number of fused-ring (bicyclic) bond motifs is 4. The molecule has 8 nitrogen and oxygen atoms in total. The Morgan fingerprint density at radius 1 is 1.17 bits per heavy atom. The van der Waals surface area contributed by atoms with Gasteiger partial charge in [0.25, 0.3) is 5.91 Å². The van der Waals surface area contributed by atoms with Gasteiger partial charge in [-0.05, 0) is 55.2 Å². The summed E-state index contributed by atoms with van der Waals surface area (Å²) in [5, 5.41) is 4.88. The Hall–Kier alpha value is -3.23. The topological polar surface area (TPSA) is 126 Å². The van der Waals surface area contributed by atoms with Gasteiger partial charge >= 0.3 is 0 Å². The van der Waals surface area contributed by atoms with Gasteiger partial charge in [0.2, 0.25) is 23.3 Å². The molecule has 2 fully saturated rings. The number of carbonyl (C=O) groups excluding carboxylic acids is 4. The van der Waals surface area contributed by atoms with Crippen LogP contribution in [0.2, 0.25) is 5.02 Å². The lowest BCUT2D eigenvalue weighted by Gasteiger charge is -2.26. The van der Waals surface area contributed by atoms with Crippen LogP contribution < -0.4 is 21.3 Å². The van der Waals surface area contributed by atoms with Crippen molar-refractivity contribution >= 4 is 46.6 Å². The van der Waals surface area contributed by atoms with Crippen LogP contribution in [0.5, 0.6) is 0 Å². The van der Waals surface area contributed by atoms with Crippen LogP contribution in [0.3, 0.4) is 0 Å². The summed E-state index contributed by atoms with van der Waals surface area (Å²) in [7, 11) is 0. The normalized spacial score (nSPS) is 26.9. The molecule has 0 aliphatic carbocycles. The number of amides is 4. The number of rotatable bonds is 6. The summed E-state index contributed by atoms with van der Waals surface area (Å²) in [6.07, 6.45) is 2.91. The van der Waals surface area contributed by atoms with Crippen molar-refractivity contribution in [1.82, 2.24) is 0 Å². The maximum Gasteiger partial charge on any atom is 0.291 e. The third kappa shape index (κ3) is 3.46. The van der Waals surface area contributed by atoms with E-state index in [2.05, 4.69) is 12.2 Å². The minimum Gasteiger partial charge on any atom is -0.369 e. The van der Waals surface area contributed by atoms with Gasteiger partial charge in [0, 0.05) is 5.56 Å². The molecule has 2 saturated heterocycles. The molecule has 2 aromatic rings. The average Bonchev–Trinajstić information content (AvgIpc) is 3.38. The fourth-order valence-corrected chi connectivity index (χ4v) is 6.34. The highest BCUT2D eigenvalue weighted by Crippen LogP contribution is 2.51. The molecule has 4 atom stereocenters. The van der Waals surface area contributed by atoms with Crippen molar-refractivity contribution < 1.29 is 24.5 Å². The number of carbonyl (C=O) groups is 4. The minimum atomic E-state index is -1.40. The lowest BCUT2D eigenvalue weighted by atomic mass is 9.76. The Balaban J connectivity index is 1.61. The van der Waals surface area contributed by atoms with Crippen molar-refractivity contribution in [2.24, 2.45) is 17.6 Å². The van der Waals surface area contributed by atoms with E-state index in [0.717, 1.165) is 30.4 Å². The highest BCUT2D eigenvalue weighted by molar-refractivity contribution is 6.35. The van der Waals surface area contributed by atoms with E-state index in [1.165, 1.54) is 4.90 Å². The lowest BCUT2D eigenvalue weighted by molar-refractivity contribution is -0.732. The zero-order valence-corrected chi connectivity index (χ0v) is 20.4. The first-order valence-electron chi connectivity index (χ1n) is 11.9. The Morgan fingerprint density at radius 2 is 1.89 bits per heavy atom. The monoisotopic (exact) mass is 495 g/mol. The average molecular weight is 496 g/mol. The Bertz CT molecular complexity index is 1260. The first-order valence-corrected chi connectivity index (χ1v) is 12.3. The van der Waals surface area contributed by atoms with Crippen molar-refractivity contribution in [1.29, 1.82) is 0 Å². The predicted molar refractivity (Wildman–Crippen MR) is 131 cm³/mol. The molecule has 5 N–H and O–H groups in total. The van der Waals surface area contributed by atoms with Gasteiger partial charge in [-0.1, -0.05) is 37.1 Å². The number of primary amides is 1. The van der Waals surface area contributed by atoms with Crippen molar-refractivity contribution in [3.05, 3.63) is 58.1 Å². The van der Waals surface area contributed by atoms with E-state index < -0.39 is 47.0 Å². The highest BCUT2D eigenvalue weighted by Gasteiger charge is 2.74. The Labute approximate surface area is 208 Å². The van der Waals surface area contributed by atoms with E-state index in [-0.39, 0.29) is 6.42 Å². The zero-order valence-electron chi connectivity index (χ0n) is 19.6. The highest BCUT2D eigenvalue weighted by atomic mass is 35.5. The van der Waals surface area contributed by atoms with Crippen molar-refractivity contribution in [2.45, 2.75) is 51.1 Å². The number of unbranched alkanes of at least 4 members (excludes halogenated alkanes) is 1. The Morgan fingerprint density at radius 3 is 2.54 bits per heavy atom. The number of hydrogen-bond acceptors (Lipinski definition) is 4. The molecule has 3 aliphatic heterocycles. The maximum atomic E-state index is 13.9. The molecule has 0 aromatic heterocycles. The molecule has 0 saturated carbocycles. The predicted octanol–water partition coefficient (Wildman–Crippen LogP) is 1.77. The molecule has 182 valence electrons. The number of hydrogen-bond donors (Lipinski definition) is 3. The van der Waals surface area contributed by atoms with Crippen LogP contribution >= 0.6 is 11.6 Å². The fraction of sp³-hybridized carbons (Fsp3) is 0.385. The second-order valence-electron chi connectivity index (χ2n) is 9.78. The van der Waals surface area contributed by atoms with Gasteiger partial charge in [0.1, 0.15) is 17.9 Å². The number of benzene rings is 2. The van der Waals surface area contributed by atoms with Crippen LogP contribution in [0, 0.1) is 18.8 Å². The van der Waals surface area contributed by atoms with Crippen molar-refractivity contribution in [2.75, 3.05) is 10.2 Å². The quantitative estimate of drug-likeness (QED) is 0.528. The second kappa shape index (κ2) is 8.46. The molecule has 4 amide bonds. The zero-order chi connectivity index (χ0) is 25.1. The van der Waals surface area contributed by atoms with Crippen LogP contribution in [0.25, 0.3) is 0 Å². The van der Waals surface area contributed by atoms with Gasteiger partial charge in [-0.3, -0.25) is 19.2 Å². The largest absolute Gasteiger partial charge is 0.369 e. The summed E-state index contributed by atoms with van der Waals surface area (Å²) in [5.41, 5.74) is 7.52. The first-order chi connectivity index (χ1) is 16.7. The van der Waals surface area contributed by atoms with E-state index >= 15 is 0 Å². The number of halogens is 1. The van der Waals surface area contributed by atoms with E-state index in [1.807, 2.05) is 25.1 Å². The van der Waals surface area contributed by atoms with E-state index in [0.29, 0.717) is 22.0 Å².